The van der Waals surface area contributed by atoms with Gasteiger partial charge in [-0.1, -0.05) is 17.7 Å². The highest BCUT2D eigenvalue weighted by molar-refractivity contribution is 9.10. The predicted octanol–water partition coefficient (Wildman–Crippen LogP) is 3.64. The van der Waals surface area contributed by atoms with Crippen LogP contribution in [0.15, 0.2) is 59.6 Å². The van der Waals surface area contributed by atoms with E-state index in [0.29, 0.717) is 23.1 Å². The van der Waals surface area contributed by atoms with Crippen molar-refractivity contribution in [1.82, 2.24) is 29.3 Å². The minimum Gasteiger partial charge on any atom is -0.304 e. The lowest BCUT2D eigenvalue weighted by atomic mass is 10.2. The highest BCUT2D eigenvalue weighted by Gasteiger charge is 2.13. The van der Waals surface area contributed by atoms with E-state index in [9.17, 15) is 9.18 Å². The topological polar surface area (TPSA) is 82.6 Å². The molecule has 4 rings (SSSR count). The average molecular weight is 479 g/mol. The molecule has 0 saturated carbocycles. The van der Waals surface area contributed by atoms with Gasteiger partial charge >= 0.3 is 0 Å². The van der Waals surface area contributed by atoms with Crippen LogP contribution in [0.25, 0.3) is 0 Å². The molecule has 0 spiro atoms. The number of amides is 1. The molecule has 0 unspecified atom stereocenters. The molecule has 0 saturated heterocycles. The number of nitrogens with zero attached hydrogens (tertiary/aromatic N) is 6. The number of hydrogen-bond acceptors (Lipinski definition) is 4. The molecule has 3 aromatic heterocycles. The number of anilines is 1. The summed E-state index contributed by atoms with van der Waals surface area (Å²) in [6.07, 6.45) is 6.79. The summed E-state index contributed by atoms with van der Waals surface area (Å²) in [6, 6.07) is 7.71. The largest absolute Gasteiger partial charge is 0.304 e. The first kappa shape index (κ1) is 19.3. The van der Waals surface area contributed by atoms with E-state index >= 15 is 0 Å². The maximum Gasteiger partial charge on any atom is 0.277 e. The molecule has 0 fully saturated rings. The predicted molar refractivity (Wildman–Crippen MR) is 108 cm³/mol. The molecule has 1 aromatic carbocycles. The van der Waals surface area contributed by atoms with Crippen molar-refractivity contribution in [1.29, 1.82) is 0 Å². The van der Waals surface area contributed by atoms with Crippen molar-refractivity contribution >= 4 is 39.3 Å². The quantitative estimate of drug-likeness (QED) is 0.459. The van der Waals surface area contributed by atoms with E-state index in [0.717, 1.165) is 4.47 Å². The minimum absolute atomic E-state index is 0.148. The molecule has 3 heterocycles. The van der Waals surface area contributed by atoms with Gasteiger partial charge in [0.15, 0.2) is 11.5 Å². The van der Waals surface area contributed by atoms with Crippen molar-refractivity contribution in [3.8, 4) is 0 Å². The van der Waals surface area contributed by atoms with Gasteiger partial charge in [-0.25, -0.2) is 9.07 Å². The Morgan fingerprint density at radius 3 is 2.72 bits per heavy atom. The third kappa shape index (κ3) is 4.54. The Bertz CT molecular complexity index is 1150. The molecule has 0 aliphatic heterocycles. The highest BCUT2D eigenvalue weighted by atomic mass is 79.9. The second-order valence-electron chi connectivity index (χ2n) is 6.13. The van der Waals surface area contributed by atoms with Crippen LogP contribution in [-0.4, -0.2) is 35.2 Å². The van der Waals surface area contributed by atoms with Crippen LogP contribution in [0.5, 0.6) is 0 Å². The summed E-state index contributed by atoms with van der Waals surface area (Å²) >= 11 is 9.37. The van der Waals surface area contributed by atoms with Gasteiger partial charge in [0, 0.05) is 35.2 Å². The summed E-state index contributed by atoms with van der Waals surface area (Å²) in [7, 11) is 0. The number of rotatable bonds is 6. The number of carbonyl (C=O) groups excluding carboxylic acids is 1. The van der Waals surface area contributed by atoms with E-state index in [2.05, 4.69) is 36.5 Å². The average Bonchev–Trinajstić information content (AvgIpc) is 3.41. The lowest BCUT2D eigenvalue weighted by Crippen LogP contribution is -2.15. The summed E-state index contributed by atoms with van der Waals surface area (Å²) < 4.78 is 19.5. The fourth-order valence-electron chi connectivity index (χ4n) is 2.67. The zero-order valence-electron chi connectivity index (χ0n) is 14.8. The molecule has 8 nitrogen and oxygen atoms in total. The van der Waals surface area contributed by atoms with E-state index in [4.69, 9.17) is 11.6 Å². The highest BCUT2D eigenvalue weighted by Crippen LogP contribution is 2.20. The van der Waals surface area contributed by atoms with Crippen molar-refractivity contribution in [2.45, 2.75) is 13.2 Å². The molecule has 1 N–H and O–H groups in total. The van der Waals surface area contributed by atoms with Gasteiger partial charge < -0.3 is 5.32 Å². The summed E-state index contributed by atoms with van der Waals surface area (Å²) in [5.41, 5.74) is 0.571. The Labute approximate surface area is 178 Å². The molecule has 29 heavy (non-hydrogen) atoms. The van der Waals surface area contributed by atoms with Gasteiger partial charge in [0.25, 0.3) is 5.91 Å². The number of hydrogen-bond donors (Lipinski definition) is 1. The van der Waals surface area contributed by atoms with Crippen LogP contribution in [0.4, 0.5) is 10.2 Å². The van der Waals surface area contributed by atoms with E-state index in [1.165, 1.54) is 10.7 Å². The van der Waals surface area contributed by atoms with Crippen LogP contribution in [0.2, 0.25) is 5.02 Å². The first-order valence-electron chi connectivity index (χ1n) is 8.47. The summed E-state index contributed by atoms with van der Waals surface area (Å²) in [5, 5.41) is 15.6. The standard InChI is InChI=1S/C18H14BrClFN7O/c19-12-8-22-28(9-12)11-27-6-4-16(24-27)18(29)23-17-5-7-26(25-17)10-13-14(20)2-1-3-15(13)21/h1-9H,10-11H2,(H,23,25,29). The van der Waals surface area contributed by atoms with E-state index < -0.39 is 11.7 Å². The Morgan fingerprint density at radius 1 is 1.14 bits per heavy atom. The monoisotopic (exact) mass is 477 g/mol. The van der Waals surface area contributed by atoms with Crippen LogP contribution < -0.4 is 5.32 Å². The first-order valence-corrected chi connectivity index (χ1v) is 9.64. The summed E-state index contributed by atoms with van der Waals surface area (Å²) in [5.74, 6) is -0.485. The Balaban J connectivity index is 1.40. The smallest absolute Gasteiger partial charge is 0.277 e. The molecular weight excluding hydrogens is 465 g/mol. The number of carbonyl (C=O) groups is 1. The van der Waals surface area contributed by atoms with Gasteiger partial charge in [-0.2, -0.15) is 15.3 Å². The molecule has 0 radical (unpaired) electrons. The van der Waals surface area contributed by atoms with Crippen molar-refractivity contribution in [3.05, 3.63) is 81.7 Å². The number of benzene rings is 1. The second-order valence-corrected chi connectivity index (χ2v) is 7.46. The summed E-state index contributed by atoms with van der Waals surface area (Å²) in [4.78, 5) is 12.4. The van der Waals surface area contributed by atoms with Crippen LogP contribution in [0.3, 0.4) is 0 Å². The van der Waals surface area contributed by atoms with Gasteiger partial charge in [0.1, 0.15) is 12.5 Å². The maximum atomic E-state index is 13.9. The van der Waals surface area contributed by atoms with E-state index in [-0.39, 0.29) is 12.2 Å². The minimum atomic E-state index is -0.409. The van der Waals surface area contributed by atoms with Gasteiger partial charge in [0.05, 0.1) is 17.2 Å². The SMILES string of the molecule is O=C(Nc1ccn(Cc2c(F)cccc2Cl)n1)c1ccn(Cn2cc(Br)cn2)n1. The number of nitrogens with one attached hydrogen (secondary N) is 1. The van der Waals surface area contributed by atoms with E-state index in [1.807, 2.05) is 0 Å². The molecule has 1 amide bonds. The normalized spacial score (nSPS) is 11.0. The maximum absolute atomic E-state index is 13.9. The lowest BCUT2D eigenvalue weighted by Gasteiger charge is -2.06. The molecule has 0 aliphatic carbocycles. The molecule has 0 atom stereocenters. The third-order valence-electron chi connectivity index (χ3n) is 4.03. The van der Waals surface area contributed by atoms with E-state index in [1.54, 1.807) is 58.4 Å². The molecule has 0 bridgehead atoms. The van der Waals surface area contributed by atoms with Gasteiger partial charge in [-0.3, -0.25) is 14.2 Å². The molecule has 11 heteroatoms. The van der Waals surface area contributed by atoms with Gasteiger partial charge in [-0.05, 0) is 34.1 Å². The van der Waals surface area contributed by atoms with Crippen LogP contribution in [0.1, 0.15) is 16.1 Å². The summed E-state index contributed by atoms with van der Waals surface area (Å²) in [6.45, 7) is 0.520. The Morgan fingerprint density at radius 2 is 1.97 bits per heavy atom. The Kier molecular flexibility index (Phi) is 5.45. The van der Waals surface area contributed by atoms with Crippen molar-refractivity contribution in [3.63, 3.8) is 0 Å². The van der Waals surface area contributed by atoms with Crippen LogP contribution >= 0.6 is 27.5 Å². The second kappa shape index (κ2) is 8.18. The van der Waals surface area contributed by atoms with Crippen molar-refractivity contribution in [2.75, 3.05) is 5.32 Å². The molecule has 148 valence electrons. The molecular formula is C18H14BrClFN7O. The zero-order valence-corrected chi connectivity index (χ0v) is 17.2. The van der Waals surface area contributed by atoms with Crippen molar-refractivity contribution in [2.24, 2.45) is 0 Å². The number of aromatic nitrogens is 6. The lowest BCUT2D eigenvalue weighted by molar-refractivity contribution is 0.102. The third-order valence-corrected chi connectivity index (χ3v) is 4.79. The van der Waals surface area contributed by atoms with Crippen LogP contribution in [0, 0.1) is 5.82 Å². The van der Waals surface area contributed by atoms with Crippen molar-refractivity contribution < 1.29 is 9.18 Å². The van der Waals surface area contributed by atoms with Gasteiger partial charge in [0.2, 0.25) is 0 Å². The fourth-order valence-corrected chi connectivity index (χ4v) is 3.22. The molecule has 4 aromatic rings. The zero-order chi connectivity index (χ0) is 20.4. The van der Waals surface area contributed by atoms with Crippen LogP contribution in [-0.2, 0) is 13.2 Å². The fraction of sp³-hybridized carbons (Fsp3) is 0.111. The molecule has 0 aliphatic rings. The number of halogens is 3. The Hall–Kier alpha value is -2.98. The van der Waals surface area contributed by atoms with Gasteiger partial charge in [-0.15, -0.1) is 0 Å². The first-order chi connectivity index (χ1) is 14.0.